The van der Waals surface area contributed by atoms with Crippen LogP contribution in [0.1, 0.15) is 43.8 Å². The Labute approximate surface area is 119 Å². The Morgan fingerprint density at radius 1 is 1.20 bits per heavy atom. The molecule has 0 aliphatic heterocycles. The molecule has 4 nitrogen and oxygen atoms in total. The van der Waals surface area contributed by atoms with Crippen LogP contribution in [0.15, 0.2) is 41.2 Å². The highest BCUT2D eigenvalue weighted by atomic mass is 16.1. The number of nitrogens with two attached hydrogens (primary N) is 1. The number of hydrogen-bond donors (Lipinski definition) is 2. The summed E-state index contributed by atoms with van der Waals surface area (Å²) in [5.74, 6) is 0.710. The molecular formula is C16H21N3O. The molecule has 0 saturated heterocycles. The quantitative estimate of drug-likeness (QED) is 0.876. The maximum Gasteiger partial charge on any atom is 0.251 e. The molecule has 4 heteroatoms. The van der Waals surface area contributed by atoms with E-state index >= 15 is 0 Å². The minimum atomic E-state index is -0.272. The molecule has 0 aliphatic rings. The summed E-state index contributed by atoms with van der Waals surface area (Å²) < 4.78 is 0. The second-order valence-corrected chi connectivity index (χ2v) is 4.94. The molecule has 0 amide bonds. The fraction of sp³-hybridized carbons (Fsp3) is 0.375. The lowest BCUT2D eigenvalue weighted by Gasteiger charge is -2.31. The maximum atomic E-state index is 11.8. The zero-order chi connectivity index (χ0) is 14.6. The van der Waals surface area contributed by atoms with Crippen molar-refractivity contribution < 1.29 is 0 Å². The predicted octanol–water partition coefficient (Wildman–Crippen LogP) is 2.33. The van der Waals surface area contributed by atoms with E-state index in [1.807, 2.05) is 18.2 Å². The first-order chi connectivity index (χ1) is 9.66. The fourth-order valence-electron chi connectivity index (χ4n) is 2.73. The normalized spacial score (nSPS) is 11.6. The Bertz CT molecular complexity index is 615. The molecular weight excluding hydrogens is 250 g/mol. The van der Waals surface area contributed by atoms with Gasteiger partial charge in [-0.25, -0.2) is 4.98 Å². The summed E-state index contributed by atoms with van der Waals surface area (Å²) in [4.78, 5) is 19.3. The second kappa shape index (κ2) is 6.01. The zero-order valence-corrected chi connectivity index (χ0v) is 12.0. The molecule has 20 heavy (non-hydrogen) atoms. The highest BCUT2D eigenvalue weighted by Crippen LogP contribution is 2.36. The largest absolute Gasteiger partial charge is 0.325 e. The van der Waals surface area contributed by atoms with Gasteiger partial charge in [0.1, 0.15) is 5.82 Å². The van der Waals surface area contributed by atoms with Crippen molar-refractivity contribution in [2.24, 2.45) is 5.73 Å². The summed E-state index contributed by atoms with van der Waals surface area (Å²) in [6.07, 6.45) is 1.73. The van der Waals surface area contributed by atoms with E-state index in [9.17, 15) is 4.79 Å². The van der Waals surface area contributed by atoms with Crippen LogP contribution in [0, 0.1) is 0 Å². The molecule has 3 N–H and O–H groups in total. The van der Waals surface area contributed by atoms with E-state index in [1.54, 1.807) is 0 Å². The van der Waals surface area contributed by atoms with Gasteiger partial charge in [0.15, 0.2) is 0 Å². The summed E-state index contributed by atoms with van der Waals surface area (Å²) in [7, 11) is 0. The van der Waals surface area contributed by atoms with Crippen LogP contribution in [0.25, 0.3) is 0 Å². The number of H-pyrrole nitrogens is 1. The van der Waals surface area contributed by atoms with Crippen LogP contribution in [0.2, 0.25) is 0 Å². The van der Waals surface area contributed by atoms with E-state index in [0.717, 1.165) is 12.8 Å². The lowest BCUT2D eigenvalue weighted by molar-refractivity contribution is 0.445. The SMILES string of the molecule is CCC(CC)(c1ccccc1)c1nc(CN)cc(=O)[nH]1. The molecule has 1 aromatic carbocycles. The molecule has 0 aliphatic carbocycles. The fourth-order valence-corrected chi connectivity index (χ4v) is 2.73. The van der Waals surface area contributed by atoms with Crippen molar-refractivity contribution in [2.75, 3.05) is 0 Å². The van der Waals surface area contributed by atoms with Crippen molar-refractivity contribution >= 4 is 0 Å². The molecule has 2 rings (SSSR count). The third-order valence-electron chi connectivity index (χ3n) is 3.99. The third kappa shape index (κ3) is 2.51. The molecule has 0 fully saturated rings. The van der Waals surface area contributed by atoms with E-state index in [-0.39, 0.29) is 17.5 Å². The number of rotatable bonds is 5. The van der Waals surface area contributed by atoms with Crippen LogP contribution in [-0.4, -0.2) is 9.97 Å². The highest BCUT2D eigenvalue weighted by Gasteiger charge is 2.33. The van der Waals surface area contributed by atoms with Crippen LogP contribution in [-0.2, 0) is 12.0 Å². The minimum absolute atomic E-state index is 0.141. The van der Waals surface area contributed by atoms with E-state index in [2.05, 4.69) is 35.9 Å². The number of nitrogens with zero attached hydrogens (tertiary/aromatic N) is 1. The number of nitrogens with one attached hydrogen (secondary N) is 1. The van der Waals surface area contributed by atoms with Gasteiger partial charge in [0, 0.05) is 12.6 Å². The van der Waals surface area contributed by atoms with Gasteiger partial charge in [-0.15, -0.1) is 0 Å². The zero-order valence-electron chi connectivity index (χ0n) is 12.0. The van der Waals surface area contributed by atoms with Crippen molar-refractivity contribution in [3.63, 3.8) is 0 Å². The molecule has 106 valence electrons. The van der Waals surface area contributed by atoms with Gasteiger partial charge in [-0.05, 0) is 18.4 Å². The smallest absolute Gasteiger partial charge is 0.251 e. The maximum absolute atomic E-state index is 11.8. The van der Waals surface area contributed by atoms with Crippen LogP contribution in [0.4, 0.5) is 0 Å². The van der Waals surface area contributed by atoms with Crippen molar-refractivity contribution in [1.82, 2.24) is 9.97 Å². The Balaban J connectivity index is 2.65. The lowest BCUT2D eigenvalue weighted by Crippen LogP contribution is -2.32. The monoisotopic (exact) mass is 271 g/mol. The summed E-state index contributed by atoms with van der Waals surface area (Å²) in [5.41, 5.74) is 7.02. The molecule has 0 saturated carbocycles. The van der Waals surface area contributed by atoms with Gasteiger partial charge in [0.2, 0.25) is 0 Å². The number of aromatic nitrogens is 2. The van der Waals surface area contributed by atoms with Gasteiger partial charge >= 0.3 is 0 Å². The van der Waals surface area contributed by atoms with Crippen LogP contribution in [0.3, 0.4) is 0 Å². The summed E-state index contributed by atoms with van der Waals surface area (Å²) in [6.45, 7) is 4.51. The molecule has 0 unspecified atom stereocenters. The second-order valence-electron chi connectivity index (χ2n) is 4.94. The number of aromatic amines is 1. The molecule has 0 atom stereocenters. The molecule has 1 heterocycles. The van der Waals surface area contributed by atoms with Crippen molar-refractivity contribution in [3.05, 3.63) is 63.8 Å². The first-order valence-electron chi connectivity index (χ1n) is 7.02. The Morgan fingerprint density at radius 3 is 2.40 bits per heavy atom. The van der Waals surface area contributed by atoms with E-state index in [1.165, 1.54) is 11.6 Å². The summed E-state index contributed by atoms with van der Waals surface area (Å²) >= 11 is 0. The van der Waals surface area contributed by atoms with Crippen molar-refractivity contribution in [3.8, 4) is 0 Å². The molecule has 0 spiro atoms. The van der Waals surface area contributed by atoms with Gasteiger partial charge in [-0.2, -0.15) is 0 Å². The first kappa shape index (κ1) is 14.5. The minimum Gasteiger partial charge on any atom is -0.325 e. The Hall–Kier alpha value is -1.94. The van der Waals surface area contributed by atoms with Gasteiger partial charge in [0.05, 0.1) is 11.1 Å². The Morgan fingerprint density at radius 2 is 1.85 bits per heavy atom. The van der Waals surface area contributed by atoms with E-state index in [0.29, 0.717) is 11.5 Å². The summed E-state index contributed by atoms with van der Waals surface area (Å²) in [5, 5.41) is 0. The lowest BCUT2D eigenvalue weighted by atomic mass is 9.75. The van der Waals surface area contributed by atoms with Crippen molar-refractivity contribution in [2.45, 2.75) is 38.6 Å². The number of hydrogen-bond acceptors (Lipinski definition) is 3. The Kier molecular flexibility index (Phi) is 4.35. The van der Waals surface area contributed by atoms with Gasteiger partial charge in [-0.3, -0.25) is 4.79 Å². The van der Waals surface area contributed by atoms with Crippen LogP contribution < -0.4 is 11.3 Å². The third-order valence-corrected chi connectivity index (χ3v) is 3.99. The summed E-state index contributed by atoms with van der Waals surface area (Å²) in [6, 6.07) is 11.7. The van der Waals surface area contributed by atoms with E-state index in [4.69, 9.17) is 5.73 Å². The predicted molar refractivity (Wildman–Crippen MR) is 80.6 cm³/mol. The van der Waals surface area contributed by atoms with Crippen LogP contribution >= 0.6 is 0 Å². The standard InChI is InChI=1S/C16H21N3O/c1-3-16(4-2,12-8-6-5-7-9-12)15-18-13(11-17)10-14(20)19-15/h5-10H,3-4,11,17H2,1-2H3,(H,18,19,20). The first-order valence-corrected chi connectivity index (χ1v) is 7.02. The van der Waals surface area contributed by atoms with Crippen LogP contribution in [0.5, 0.6) is 0 Å². The average Bonchev–Trinajstić information content (AvgIpc) is 2.49. The molecule has 0 bridgehead atoms. The topological polar surface area (TPSA) is 71.8 Å². The number of benzene rings is 1. The molecule has 0 radical (unpaired) electrons. The van der Waals surface area contributed by atoms with Gasteiger partial charge in [0.25, 0.3) is 5.56 Å². The van der Waals surface area contributed by atoms with Crippen molar-refractivity contribution in [1.29, 1.82) is 0 Å². The molecule has 1 aromatic heterocycles. The molecule has 2 aromatic rings. The van der Waals surface area contributed by atoms with Gasteiger partial charge < -0.3 is 10.7 Å². The highest BCUT2D eigenvalue weighted by molar-refractivity contribution is 5.33. The van der Waals surface area contributed by atoms with Gasteiger partial charge in [-0.1, -0.05) is 44.2 Å². The van der Waals surface area contributed by atoms with E-state index < -0.39 is 0 Å². The average molecular weight is 271 g/mol.